The predicted octanol–water partition coefficient (Wildman–Crippen LogP) is 16.9. The van der Waals surface area contributed by atoms with Crippen LogP contribution in [0.3, 0.4) is 0 Å². The summed E-state index contributed by atoms with van der Waals surface area (Å²) in [6.45, 7) is 15.3. The molecule has 0 heterocycles. The number of benzene rings is 5. The van der Waals surface area contributed by atoms with Crippen LogP contribution in [0.2, 0.25) is 22.2 Å². The fourth-order valence-electron chi connectivity index (χ4n) is 9.79. The van der Waals surface area contributed by atoms with Crippen molar-refractivity contribution in [2.24, 2.45) is 0 Å². The van der Waals surface area contributed by atoms with E-state index in [0.29, 0.717) is 43.1 Å². The molecule has 2 nitrogen and oxygen atoms in total. The van der Waals surface area contributed by atoms with Crippen LogP contribution >= 0.6 is 0 Å². The van der Waals surface area contributed by atoms with Crippen molar-refractivity contribution in [2.45, 2.75) is 152 Å². The minimum Gasteiger partial charge on any atom is -0.331 e. The topological polar surface area (TPSA) is 18.5 Å². The highest BCUT2D eigenvalue weighted by atomic mass is 28.3. The summed E-state index contributed by atoms with van der Waals surface area (Å²) in [4.78, 5) is 0. The summed E-state index contributed by atoms with van der Waals surface area (Å²) >= 11 is 0. The van der Waals surface area contributed by atoms with Gasteiger partial charge in [-0.3, -0.25) is 0 Å². The molecular weight excluding hydrogens is 955 g/mol. The van der Waals surface area contributed by atoms with Gasteiger partial charge in [-0.2, -0.15) is 61.5 Å². The Morgan fingerprint density at radius 3 is 0.809 bits per heavy atom. The monoisotopic (exact) mass is 1010 g/mol. The molecule has 18 heteroatoms. The lowest BCUT2D eigenvalue weighted by Crippen LogP contribution is -2.62. The maximum atomic E-state index is 15.5. The maximum Gasteiger partial charge on any atom is 0.458 e. The third kappa shape index (κ3) is 9.35. The summed E-state index contributed by atoms with van der Waals surface area (Å²) in [6.07, 6.45) is -26.9. The van der Waals surface area contributed by atoms with E-state index >= 15 is 8.78 Å². The van der Waals surface area contributed by atoms with Crippen LogP contribution in [0.15, 0.2) is 72.8 Å². The van der Waals surface area contributed by atoms with Gasteiger partial charge in [-0.05, 0) is 102 Å². The molecule has 68 heavy (non-hydrogen) atoms. The number of hydrogen-bond acceptors (Lipinski definition) is 2. The van der Waals surface area contributed by atoms with Gasteiger partial charge in [0.1, 0.15) is 0 Å². The molecule has 0 radical (unpaired) electrons. The second-order valence-electron chi connectivity index (χ2n) is 18.4. The quantitative estimate of drug-likeness (QED) is 0.0537. The Kier molecular flexibility index (Phi) is 15.3. The van der Waals surface area contributed by atoms with Crippen molar-refractivity contribution in [1.29, 1.82) is 0 Å². The zero-order valence-electron chi connectivity index (χ0n) is 38.9. The van der Waals surface area contributed by atoms with Crippen molar-refractivity contribution in [3.63, 3.8) is 0 Å². The van der Waals surface area contributed by atoms with Crippen LogP contribution in [0.4, 0.5) is 61.5 Å². The number of hydrogen-bond donors (Lipinski definition) is 0. The Hall–Kier alpha value is -4.37. The lowest BCUT2D eigenvalue weighted by molar-refractivity contribution is -0.434. The van der Waals surface area contributed by atoms with Crippen LogP contribution in [0, 0.1) is 22.9 Å². The minimum atomic E-state index is -6.49. The van der Waals surface area contributed by atoms with Gasteiger partial charge >= 0.3 is 36.4 Å². The minimum absolute atomic E-state index is 0.270. The fourth-order valence-corrected chi connectivity index (χ4v) is 19.7. The van der Waals surface area contributed by atoms with Crippen molar-refractivity contribution in [3.05, 3.63) is 83.9 Å². The van der Waals surface area contributed by atoms with E-state index in [2.05, 4.69) is 32.4 Å². The SMILES string of the molecule is CCC(OC(F)(C(F)(F)F)C(F)(F)F)[Si](C#Cc1c2cc3ccccc3cc2c(C#C[Si](C(C)C)(C(C)C)C(CC)OC(F)(C(F)(F)F)C(F)(F)F)c2cc3ccccc3cc12)(C(C)C)C(C)C. The van der Waals surface area contributed by atoms with Crippen molar-refractivity contribution >= 4 is 59.2 Å². The summed E-state index contributed by atoms with van der Waals surface area (Å²) in [5, 5.41) is 4.21. The molecule has 5 aromatic rings. The summed E-state index contributed by atoms with van der Waals surface area (Å²) in [7, 11) is -8.01. The van der Waals surface area contributed by atoms with Crippen LogP contribution < -0.4 is 0 Å². The number of alkyl halides is 14. The number of rotatable bonds is 12. The highest BCUT2D eigenvalue weighted by Crippen LogP contribution is 2.52. The van der Waals surface area contributed by atoms with Crippen LogP contribution in [-0.4, -0.2) is 64.0 Å². The molecule has 0 N–H and O–H groups in total. The van der Waals surface area contributed by atoms with Crippen molar-refractivity contribution in [1.82, 2.24) is 0 Å². The van der Waals surface area contributed by atoms with Gasteiger partial charge in [0.25, 0.3) is 0 Å². The number of ether oxygens (including phenoxy) is 2. The summed E-state index contributed by atoms with van der Waals surface area (Å²) in [5.74, 6) is -5.65. The Morgan fingerprint density at radius 2 is 0.632 bits per heavy atom. The molecule has 2 atom stereocenters. The second kappa shape index (κ2) is 19.1. The lowest BCUT2D eigenvalue weighted by atomic mass is 9.89. The van der Waals surface area contributed by atoms with Gasteiger partial charge in [0.15, 0.2) is 16.1 Å². The number of fused-ring (bicyclic) bond motifs is 4. The van der Waals surface area contributed by atoms with Crippen LogP contribution in [0.5, 0.6) is 0 Å². The molecule has 0 spiro atoms. The van der Waals surface area contributed by atoms with E-state index in [-0.39, 0.29) is 11.1 Å². The first-order chi connectivity index (χ1) is 31.2. The first-order valence-corrected chi connectivity index (χ1v) is 26.5. The maximum absolute atomic E-state index is 15.5. The van der Waals surface area contributed by atoms with Crippen molar-refractivity contribution < 1.29 is 70.9 Å². The van der Waals surface area contributed by atoms with Crippen LogP contribution in [0.25, 0.3) is 43.1 Å². The molecule has 0 fully saturated rings. The average molecular weight is 1010 g/mol. The summed E-state index contributed by atoms with van der Waals surface area (Å²) in [6, 6.07) is 21.2. The largest absolute Gasteiger partial charge is 0.458 e. The summed E-state index contributed by atoms with van der Waals surface area (Å²) < 4.78 is 209. The van der Waals surface area contributed by atoms with E-state index in [1.165, 1.54) is 13.8 Å². The Morgan fingerprint density at radius 1 is 0.412 bits per heavy atom. The predicted molar refractivity (Wildman–Crippen MR) is 244 cm³/mol. The highest BCUT2D eigenvalue weighted by molar-refractivity contribution is 6.91. The van der Waals surface area contributed by atoms with E-state index in [9.17, 15) is 52.7 Å². The molecule has 0 saturated carbocycles. The molecule has 0 saturated heterocycles. The zero-order chi connectivity index (χ0) is 51.4. The van der Waals surface area contributed by atoms with E-state index in [0.717, 1.165) is 0 Å². The van der Waals surface area contributed by atoms with E-state index in [1.807, 2.05) is 0 Å². The highest BCUT2D eigenvalue weighted by Gasteiger charge is 2.77. The molecule has 0 bridgehead atoms. The first kappa shape index (κ1) is 54.6. The Bertz CT molecular complexity index is 2440. The molecular formula is C50H52F14O2Si2. The number of halogens is 14. The third-order valence-corrected chi connectivity index (χ3v) is 25.3. The molecule has 0 aliphatic rings. The standard InChI is InChI=1S/C50H52F14O2Si2/c1-11-43(65-45(51,47(53,54)55)48(56,57)58)67(29(3)4,30(5)6)23-21-37-39-25-33-17-13-15-19-35(33)27-41(39)38(42-28-36-20-16-14-18-34(36)26-40(37)42)22-24-68(31(7)8,32(9)10)44(12-2)66-46(52,49(59,60)61)50(62,63)64/h13-20,25-32,43-44H,11-12H2,1-10H3. The average Bonchev–Trinajstić information content (AvgIpc) is 3.22. The summed E-state index contributed by atoms with van der Waals surface area (Å²) in [5.41, 5.74) is 0.204. The van der Waals surface area contributed by atoms with Crippen molar-refractivity contribution in [3.8, 4) is 22.9 Å². The molecule has 0 aliphatic carbocycles. The molecule has 5 aromatic carbocycles. The van der Waals surface area contributed by atoms with Gasteiger partial charge in [0.05, 0.1) is 11.5 Å². The Labute approximate surface area is 388 Å². The smallest absolute Gasteiger partial charge is 0.331 e. The van der Waals surface area contributed by atoms with Gasteiger partial charge in [-0.25, -0.2) is 0 Å². The Balaban J connectivity index is 1.98. The van der Waals surface area contributed by atoms with Gasteiger partial charge < -0.3 is 9.47 Å². The van der Waals surface area contributed by atoms with Crippen LogP contribution in [-0.2, 0) is 9.47 Å². The molecule has 2 unspecified atom stereocenters. The molecule has 0 amide bonds. The zero-order valence-corrected chi connectivity index (χ0v) is 40.9. The molecule has 370 valence electrons. The van der Waals surface area contributed by atoms with Crippen molar-refractivity contribution in [2.75, 3.05) is 0 Å². The second-order valence-corrected chi connectivity index (χ2v) is 28.6. The van der Waals surface area contributed by atoms with Gasteiger partial charge in [0, 0.05) is 11.1 Å². The van der Waals surface area contributed by atoms with E-state index in [1.54, 1.807) is 128 Å². The lowest BCUT2D eigenvalue weighted by Gasteiger charge is -2.43. The normalized spacial score (nSPS) is 14.9. The van der Waals surface area contributed by atoms with Crippen LogP contribution in [0.1, 0.15) is 93.2 Å². The van der Waals surface area contributed by atoms with E-state index < -0.39 is 99.0 Å². The van der Waals surface area contributed by atoms with Gasteiger partial charge in [0.2, 0.25) is 0 Å². The molecule has 0 aliphatic heterocycles. The molecule has 5 rings (SSSR count). The third-order valence-electron chi connectivity index (χ3n) is 13.4. The molecule has 0 aromatic heterocycles. The first-order valence-electron chi connectivity index (χ1n) is 22.1. The van der Waals surface area contributed by atoms with Gasteiger partial charge in [-0.1, -0.05) is 130 Å². The van der Waals surface area contributed by atoms with Gasteiger partial charge in [-0.15, -0.1) is 11.1 Å². The van der Waals surface area contributed by atoms with E-state index in [4.69, 9.17) is 0 Å². The fraction of sp³-hybridized carbons (Fsp3) is 0.480.